The molecule has 6 heteroatoms. The predicted octanol–water partition coefficient (Wildman–Crippen LogP) is 4.01. The fourth-order valence-electron chi connectivity index (χ4n) is 2.19. The molecule has 2 heterocycles. The Hall–Kier alpha value is -1.59. The Kier molecular flexibility index (Phi) is 2.95. The first kappa shape index (κ1) is 12.4. The van der Waals surface area contributed by atoms with Gasteiger partial charge < -0.3 is 14.1 Å². The van der Waals surface area contributed by atoms with Crippen LogP contribution in [0.4, 0.5) is 0 Å². The zero-order valence-electron chi connectivity index (χ0n) is 10.5. The van der Waals surface area contributed by atoms with Crippen LogP contribution in [0.15, 0.2) is 22.7 Å². The minimum atomic E-state index is 0.625. The summed E-state index contributed by atoms with van der Waals surface area (Å²) in [7, 11) is 0. The molecule has 0 unspecified atom stereocenters. The molecule has 0 amide bonds. The number of aromatic nitrogens is 3. The van der Waals surface area contributed by atoms with Gasteiger partial charge >= 0.3 is 0 Å². The molecule has 4 nitrogen and oxygen atoms in total. The molecule has 3 rings (SSSR count). The molecule has 0 aliphatic rings. The van der Waals surface area contributed by atoms with Gasteiger partial charge in [-0.15, -0.1) is 0 Å². The van der Waals surface area contributed by atoms with E-state index in [1.165, 1.54) is 0 Å². The van der Waals surface area contributed by atoms with Crippen LogP contribution in [0.1, 0.15) is 17.0 Å². The maximum absolute atomic E-state index is 6.17. The number of nitrogens with one attached hydrogen (secondary N) is 1. The second-order valence-corrected chi connectivity index (χ2v) is 5.25. The summed E-state index contributed by atoms with van der Waals surface area (Å²) < 4.78 is 7.83. The Bertz CT molecular complexity index is 796. The summed E-state index contributed by atoms with van der Waals surface area (Å²) in [6.07, 6.45) is 0. The summed E-state index contributed by atoms with van der Waals surface area (Å²) in [6.45, 7) is 4.46. The van der Waals surface area contributed by atoms with Gasteiger partial charge in [0.2, 0.25) is 0 Å². The lowest BCUT2D eigenvalue weighted by Crippen LogP contribution is -2.01. The summed E-state index contributed by atoms with van der Waals surface area (Å²) in [5.74, 6) is 0.816. The summed E-state index contributed by atoms with van der Waals surface area (Å²) in [4.78, 5) is 3.14. The van der Waals surface area contributed by atoms with Crippen LogP contribution in [-0.4, -0.2) is 14.7 Å². The van der Waals surface area contributed by atoms with Crippen molar-refractivity contribution in [2.24, 2.45) is 0 Å². The Morgan fingerprint density at radius 1 is 1.42 bits per heavy atom. The predicted molar refractivity (Wildman–Crippen MR) is 77.2 cm³/mol. The van der Waals surface area contributed by atoms with Crippen molar-refractivity contribution < 1.29 is 4.52 Å². The van der Waals surface area contributed by atoms with Gasteiger partial charge in [-0.05, 0) is 38.2 Å². The standard InChI is InChI=1S/C13H12ClN3OS/c1-7-9(8(2)18-16-7)6-17-11-5-3-4-10(14)12(11)15-13(17)19/h3-5H,6H2,1-2H3,(H,15,19). The molecule has 0 saturated carbocycles. The van der Waals surface area contributed by atoms with Crippen LogP contribution in [0.2, 0.25) is 5.02 Å². The van der Waals surface area contributed by atoms with Crippen LogP contribution in [0.5, 0.6) is 0 Å². The lowest BCUT2D eigenvalue weighted by Gasteiger charge is -2.04. The zero-order valence-corrected chi connectivity index (χ0v) is 12.1. The lowest BCUT2D eigenvalue weighted by molar-refractivity contribution is 0.392. The molecular weight excluding hydrogens is 282 g/mol. The van der Waals surface area contributed by atoms with Crippen LogP contribution in [0.25, 0.3) is 11.0 Å². The highest BCUT2D eigenvalue weighted by Gasteiger charge is 2.13. The van der Waals surface area contributed by atoms with Crippen molar-refractivity contribution in [1.29, 1.82) is 0 Å². The van der Waals surface area contributed by atoms with Gasteiger partial charge in [0, 0.05) is 5.56 Å². The highest BCUT2D eigenvalue weighted by atomic mass is 35.5. The van der Waals surface area contributed by atoms with E-state index in [1.54, 1.807) is 0 Å². The molecule has 0 atom stereocenters. The SMILES string of the molecule is Cc1noc(C)c1Cn1c(=S)[nH]c2c(Cl)cccc21. The third-order valence-electron chi connectivity index (χ3n) is 3.26. The molecule has 1 aromatic carbocycles. The van der Waals surface area contributed by atoms with E-state index in [2.05, 4.69) is 10.1 Å². The second kappa shape index (κ2) is 4.51. The smallest absolute Gasteiger partial charge is 0.178 e. The fourth-order valence-corrected chi connectivity index (χ4v) is 2.67. The molecule has 19 heavy (non-hydrogen) atoms. The molecular formula is C13H12ClN3OS. The van der Waals surface area contributed by atoms with Gasteiger partial charge in [0.15, 0.2) is 4.77 Å². The summed E-state index contributed by atoms with van der Waals surface area (Å²) in [6, 6.07) is 5.75. The topological polar surface area (TPSA) is 46.8 Å². The zero-order chi connectivity index (χ0) is 13.6. The van der Waals surface area contributed by atoms with Crippen molar-refractivity contribution in [3.05, 3.63) is 45.0 Å². The molecule has 0 spiro atoms. The number of aryl methyl sites for hydroxylation is 2. The van der Waals surface area contributed by atoms with E-state index in [9.17, 15) is 0 Å². The highest BCUT2D eigenvalue weighted by molar-refractivity contribution is 7.71. The van der Waals surface area contributed by atoms with E-state index in [0.717, 1.165) is 28.1 Å². The maximum atomic E-state index is 6.17. The van der Waals surface area contributed by atoms with Gasteiger partial charge in [0.1, 0.15) is 5.76 Å². The average molecular weight is 294 g/mol. The van der Waals surface area contributed by atoms with Gasteiger partial charge in [-0.2, -0.15) is 0 Å². The van der Waals surface area contributed by atoms with Crippen molar-refractivity contribution in [2.75, 3.05) is 0 Å². The number of benzene rings is 1. The molecule has 0 radical (unpaired) electrons. The molecule has 0 bridgehead atoms. The van der Waals surface area contributed by atoms with Crippen molar-refractivity contribution in [2.45, 2.75) is 20.4 Å². The Morgan fingerprint density at radius 2 is 2.21 bits per heavy atom. The molecule has 3 aromatic rings. The van der Waals surface area contributed by atoms with Gasteiger partial charge in [0.25, 0.3) is 0 Å². The Labute approximate surface area is 120 Å². The van der Waals surface area contributed by atoms with E-state index in [0.29, 0.717) is 16.3 Å². The fraction of sp³-hybridized carbons (Fsp3) is 0.231. The highest BCUT2D eigenvalue weighted by Crippen LogP contribution is 2.24. The molecule has 0 fully saturated rings. The number of aromatic amines is 1. The van der Waals surface area contributed by atoms with Crippen molar-refractivity contribution >= 4 is 34.9 Å². The third-order valence-corrected chi connectivity index (χ3v) is 3.89. The number of halogens is 1. The first-order valence-electron chi connectivity index (χ1n) is 5.86. The minimum absolute atomic E-state index is 0.625. The van der Waals surface area contributed by atoms with Crippen molar-refractivity contribution in [3.8, 4) is 0 Å². The van der Waals surface area contributed by atoms with Crippen LogP contribution >= 0.6 is 23.8 Å². The second-order valence-electron chi connectivity index (χ2n) is 4.45. The van der Waals surface area contributed by atoms with E-state index in [-0.39, 0.29) is 0 Å². The number of hydrogen-bond acceptors (Lipinski definition) is 3. The van der Waals surface area contributed by atoms with Gasteiger partial charge in [-0.3, -0.25) is 0 Å². The van der Waals surface area contributed by atoms with E-state index >= 15 is 0 Å². The first-order valence-corrected chi connectivity index (χ1v) is 6.65. The summed E-state index contributed by atoms with van der Waals surface area (Å²) in [5, 5.41) is 4.63. The number of rotatable bonds is 2. The van der Waals surface area contributed by atoms with E-state index in [4.69, 9.17) is 28.3 Å². The lowest BCUT2D eigenvalue weighted by atomic mass is 10.2. The number of para-hydroxylation sites is 1. The van der Waals surface area contributed by atoms with E-state index < -0.39 is 0 Å². The van der Waals surface area contributed by atoms with Crippen LogP contribution < -0.4 is 0 Å². The maximum Gasteiger partial charge on any atom is 0.178 e. The molecule has 1 N–H and O–H groups in total. The number of nitrogens with zero attached hydrogens (tertiary/aromatic N) is 2. The first-order chi connectivity index (χ1) is 9.08. The van der Waals surface area contributed by atoms with Crippen LogP contribution in [0.3, 0.4) is 0 Å². The minimum Gasteiger partial charge on any atom is -0.361 e. The largest absolute Gasteiger partial charge is 0.361 e. The van der Waals surface area contributed by atoms with Crippen molar-refractivity contribution in [3.63, 3.8) is 0 Å². The summed E-state index contributed by atoms with van der Waals surface area (Å²) >= 11 is 11.5. The third kappa shape index (κ3) is 1.99. The Balaban J connectivity index is 2.19. The molecule has 0 aliphatic carbocycles. The quantitative estimate of drug-likeness (QED) is 0.726. The monoisotopic (exact) mass is 293 g/mol. The normalized spacial score (nSPS) is 11.3. The number of imidazole rings is 1. The number of fused-ring (bicyclic) bond motifs is 1. The molecule has 0 aliphatic heterocycles. The van der Waals surface area contributed by atoms with Gasteiger partial charge in [0.05, 0.1) is 28.3 Å². The van der Waals surface area contributed by atoms with Crippen molar-refractivity contribution in [1.82, 2.24) is 14.7 Å². The number of hydrogen-bond donors (Lipinski definition) is 1. The number of H-pyrrole nitrogens is 1. The van der Waals surface area contributed by atoms with Crippen LogP contribution in [0, 0.1) is 18.6 Å². The average Bonchev–Trinajstić information content (AvgIpc) is 2.86. The molecule has 0 saturated heterocycles. The Morgan fingerprint density at radius 3 is 2.89 bits per heavy atom. The molecule has 98 valence electrons. The van der Waals surface area contributed by atoms with Gasteiger partial charge in [-0.1, -0.05) is 22.8 Å². The summed E-state index contributed by atoms with van der Waals surface area (Å²) in [5.41, 5.74) is 3.78. The van der Waals surface area contributed by atoms with E-state index in [1.807, 2.05) is 36.6 Å². The van der Waals surface area contributed by atoms with Gasteiger partial charge in [-0.25, -0.2) is 0 Å². The van der Waals surface area contributed by atoms with Crippen LogP contribution in [-0.2, 0) is 6.54 Å². The molecule has 2 aromatic heterocycles.